The van der Waals surface area contributed by atoms with Gasteiger partial charge in [-0.3, -0.25) is 0 Å². The van der Waals surface area contributed by atoms with E-state index in [0.29, 0.717) is 5.92 Å². The molecule has 13 heavy (non-hydrogen) atoms. The molecule has 1 nitrogen and oxygen atoms in total. The molecular weight excluding hydrogens is 160 g/mol. The normalized spacial score (nSPS) is 12.5. The molecule has 0 N–H and O–H groups in total. The predicted molar refractivity (Wildman–Crippen MR) is 57.8 cm³/mol. The summed E-state index contributed by atoms with van der Waals surface area (Å²) in [6.07, 6.45) is 3.35. The summed E-state index contributed by atoms with van der Waals surface area (Å²) in [7, 11) is 0. The predicted octanol–water partition coefficient (Wildman–Crippen LogP) is 3.56. The lowest BCUT2D eigenvalue weighted by atomic mass is 10.1. The first kappa shape index (κ1) is 12.5. The zero-order valence-electron chi connectivity index (χ0n) is 9.55. The Morgan fingerprint density at radius 3 is 2.38 bits per heavy atom. The van der Waals surface area contributed by atoms with E-state index in [1.807, 2.05) is 13.0 Å². The highest BCUT2D eigenvalue weighted by Gasteiger charge is 2.05. The van der Waals surface area contributed by atoms with E-state index in [0.717, 1.165) is 13.0 Å². The standard InChI is InChI=1S/C12H22O/c1-6-13-12(9-11(4)5)8-7-10(2)3/h8,11-12H,6,9H2,1-5H3. The second kappa shape index (κ2) is 6.94. The molecule has 76 valence electrons. The van der Waals surface area contributed by atoms with Crippen LogP contribution >= 0.6 is 0 Å². The molecule has 0 bridgehead atoms. The van der Waals surface area contributed by atoms with Gasteiger partial charge in [0, 0.05) is 6.61 Å². The molecule has 0 aromatic rings. The molecule has 0 spiro atoms. The van der Waals surface area contributed by atoms with Crippen LogP contribution in [0.4, 0.5) is 0 Å². The van der Waals surface area contributed by atoms with Crippen molar-refractivity contribution < 1.29 is 4.74 Å². The summed E-state index contributed by atoms with van der Waals surface area (Å²) >= 11 is 0. The summed E-state index contributed by atoms with van der Waals surface area (Å²) in [6, 6.07) is 0. The van der Waals surface area contributed by atoms with Crippen LogP contribution in [0.15, 0.2) is 17.4 Å². The Morgan fingerprint density at radius 2 is 2.00 bits per heavy atom. The van der Waals surface area contributed by atoms with Gasteiger partial charge in [-0.25, -0.2) is 0 Å². The highest BCUT2D eigenvalue weighted by atomic mass is 16.5. The molecule has 0 rings (SSSR count). The molecule has 0 aliphatic heterocycles. The number of rotatable bonds is 5. The molecule has 0 aliphatic carbocycles. The van der Waals surface area contributed by atoms with Gasteiger partial charge >= 0.3 is 0 Å². The molecule has 0 heterocycles. The maximum Gasteiger partial charge on any atom is 0.0831 e. The van der Waals surface area contributed by atoms with E-state index in [4.69, 9.17) is 4.74 Å². The van der Waals surface area contributed by atoms with Crippen LogP contribution in [-0.2, 0) is 4.74 Å². The lowest BCUT2D eigenvalue weighted by Gasteiger charge is -2.13. The van der Waals surface area contributed by atoms with Gasteiger partial charge in [-0.2, -0.15) is 0 Å². The molecule has 0 saturated carbocycles. The molecular formula is C12H22O. The van der Waals surface area contributed by atoms with Gasteiger partial charge in [0.05, 0.1) is 6.10 Å². The van der Waals surface area contributed by atoms with Gasteiger partial charge in [0.2, 0.25) is 0 Å². The SMILES string of the molecule is CCOC(C=C=C(C)C)CC(C)C. The van der Waals surface area contributed by atoms with Crippen molar-refractivity contribution in [3.05, 3.63) is 17.4 Å². The largest absolute Gasteiger partial charge is 0.374 e. The van der Waals surface area contributed by atoms with Gasteiger partial charge in [-0.05, 0) is 44.8 Å². The Kier molecular flexibility index (Phi) is 6.66. The fraction of sp³-hybridized carbons (Fsp3) is 0.750. The molecule has 0 amide bonds. The van der Waals surface area contributed by atoms with Gasteiger partial charge in [-0.15, -0.1) is 5.73 Å². The topological polar surface area (TPSA) is 9.23 Å². The van der Waals surface area contributed by atoms with Crippen LogP contribution in [0.2, 0.25) is 0 Å². The third-order valence-electron chi connectivity index (χ3n) is 1.64. The van der Waals surface area contributed by atoms with Crippen molar-refractivity contribution >= 4 is 0 Å². The van der Waals surface area contributed by atoms with Crippen LogP contribution in [-0.4, -0.2) is 12.7 Å². The Morgan fingerprint density at radius 1 is 1.38 bits per heavy atom. The molecule has 0 radical (unpaired) electrons. The summed E-state index contributed by atoms with van der Waals surface area (Å²) in [5.74, 6) is 0.673. The molecule has 1 atom stereocenters. The molecule has 0 aromatic carbocycles. The van der Waals surface area contributed by atoms with E-state index in [-0.39, 0.29) is 6.10 Å². The maximum atomic E-state index is 5.57. The van der Waals surface area contributed by atoms with E-state index in [1.165, 1.54) is 5.57 Å². The summed E-state index contributed by atoms with van der Waals surface area (Å²) < 4.78 is 5.57. The Hall–Kier alpha value is -0.520. The maximum absolute atomic E-state index is 5.57. The van der Waals surface area contributed by atoms with Crippen molar-refractivity contribution in [1.29, 1.82) is 0 Å². The van der Waals surface area contributed by atoms with E-state index < -0.39 is 0 Å². The number of hydrogen-bond donors (Lipinski definition) is 0. The first-order valence-electron chi connectivity index (χ1n) is 5.07. The lowest BCUT2D eigenvalue weighted by Crippen LogP contribution is -2.12. The molecule has 0 saturated heterocycles. The fourth-order valence-corrected chi connectivity index (χ4v) is 1.12. The zero-order chi connectivity index (χ0) is 10.3. The quantitative estimate of drug-likeness (QED) is 0.591. The average Bonchev–Trinajstić information content (AvgIpc) is 1.99. The van der Waals surface area contributed by atoms with Crippen molar-refractivity contribution in [2.75, 3.05) is 6.61 Å². The minimum Gasteiger partial charge on any atom is -0.374 e. The highest BCUT2D eigenvalue weighted by Crippen LogP contribution is 2.09. The Labute approximate surface area is 82.5 Å². The van der Waals surface area contributed by atoms with Crippen LogP contribution in [0.1, 0.15) is 41.0 Å². The monoisotopic (exact) mass is 182 g/mol. The van der Waals surface area contributed by atoms with Crippen LogP contribution in [0, 0.1) is 5.92 Å². The summed E-state index contributed by atoms with van der Waals surface area (Å²) in [5.41, 5.74) is 4.40. The van der Waals surface area contributed by atoms with Gasteiger partial charge in [0.15, 0.2) is 0 Å². The Bertz CT molecular complexity index is 181. The van der Waals surface area contributed by atoms with Crippen LogP contribution in [0.25, 0.3) is 0 Å². The van der Waals surface area contributed by atoms with Crippen molar-refractivity contribution in [1.82, 2.24) is 0 Å². The summed E-state index contributed by atoms with van der Waals surface area (Å²) in [6.45, 7) is 11.3. The second-order valence-corrected chi connectivity index (χ2v) is 3.93. The minimum atomic E-state index is 0.236. The van der Waals surface area contributed by atoms with Gasteiger partial charge in [0.1, 0.15) is 0 Å². The lowest BCUT2D eigenvalue weighted by molar-refractivity contribution is 0.0814. The molecule has 0 aromatic heterocycles. The number of ether oxygens (including phenoxy) is 1. The molecule has 0 aliphatic rings. The van der Waals surface area contributed by atoms with Crippen LogP contribution < -0.4 is 0 Å². The first-order valence-corrected chi connectivity index (χ1v) is 5.07. The van der Waals surface area contributed by atoms with E-state index in [2.05, 4.69) is 33.4 Å². The summed E-state index contributed by atoms with van der Waals surface area (Å²) in [4.78, 5) is 0. The second-order valence-electron chi connectivity index (χ2n) is 3.93. The van der Waals surface area contributed by atoms with E-state index >= 15 is 0 Å². The third kappa shape index (κ3) is 7.83. The summed E-state index contributed by atoms with van der Waals surface area (Å²) in [5, 5.41) is 0. The highest BCUT2D eigenvalue weighted by molar-refractivity contribution is 4.97. The molecule has 1 heteroatoms. The number of hydrogen-bond acceptors (Lipinski definition) is 1. The van der Waals surface area contributed by atoms with Crippen molar-refractivity contribution in [3.63, 3.8) is 0 Å². The van der Waals surface area contributed by atoms with Crippen LogP contribution in [0.5, 0.6) is 0 Å². The zero-order valence-corrected chi connectivity index (χ0v) is 9.55. The molecule has 1 unspecified atom stereocenters. The van der Waals surface area contributed by atoms with Crippen molar-refractivity contribution in [2.24, 2.45) is 5.92 Å². The average molecular weight is 182 g/mol. The molecule has 0 fully saturated rings. The first-order chi connectivity index (χ1) is 6.06. The van der Waals surface area contributed by atoms with Crippen molar-refractivity contribution in [3.8, 4) is 0 Å². The smallest absolute Gasteiger partial charge is 0.0831 e. The fourth-order valence-electron chi connectivity index (χ4n) is 1.12. The van der Waals surface area contributed by atoms with Gasteiger partial charge < -0.3 is 4.74 Å². The van der Waals surface area contributed by atoms with E-state index in [1.54, 1.807) is 0 Å². The Balaban J connectivity index is 4.17. The van der Waals surface area contributed by atoms with Crippen LogP contribution in [0.3, 0.4) is 0 Å². The minimum absolute atomic E-state index is 0.236. The van der Waals surface area contributed by atoms with Crippen molar-refractivity contribution in [2.45, 2.75) is 47.1 Å². The van der Waals surface area contributed by atoms with Gasteiger partial charge in [0.25, 0.3) is 0 Å². The third-order valence-corrected chi connectivity index (χ3v) is 1.64. The van der Waals surface area contributed by atoms with Gasteiger partial charge in [-0.1, -0.05) is 13.8 Å². The van der Waals surface area contributed by atoms with E-state index in [9.17, 15) is 0 Å².